The molecule has 2 N–H and O–H groups in total. The molecule has 0 aliphatic heterocycles. The zero-order valence-corrected chi connectivity index (χ0v) is 11.8. The quantitative estimate of drug-likeness (QED) is 0.812. The number of rotatable bonds is 5. The lowest BCUT2D eigenvalue weighted by molar-refractivity contribution is 0.0927. The van der Waals surface area contributed by atoms with Crippen LogP contribution in [0.5, 0.6) is 0 Å². The first-order valence-electron chi connectivity index (χ1n) is 6.78. The molecule has 0 fully saturated rings. The standard InChI is InChI=1S/C15H19N3O2/c1-3-18(4-2)10-16-15(20)12-9-14(19)17-13-8-6-5-7-11(12)13/h5-9H,3-4,10H2,1-2H3,(H,16,20)(H,17,19). The Labute approximate surface area is 117 Å². The lowest BCUT2D eigenvalue weighted by Gasteiger charge is -2.18. The largest absolute Gasteiger partial charge is 0.339 e. The van der Waals surface area contributed by atoms with Crippen LogP contribution < -0.4 is 10.9 Å². The van der Waals surface area contributed by atoms with Gasteiger partial charge in [-0.05, 0) is 19.2 Å². The zero-order chi connectivity index (χ0) is 14.5. The minimum Gasteiger partial charge on any atom is -0.339 e. The van der Waals surface area contributed by atoms with E-state index < -0.39 is 0 Å². The molecule has 2 aromatic rings. The number of amides is 1. The van der Waals surface area contributed by atoms with E-state index in [9.17, 15) is 9.59 Å². The number of nitrogens with zero attached hydrogens (tertiary/aromatic N) is 1. The Morgan fingerprint density at radius 2 is 1.95 bits per heavy atom. The third-order valence-corrected chi connectivity index (χ3v) is 3.35. The van der Waals surface area contributed by atoms with Crippen molar-refractivity contribution in [2.45, 2.75) is 13.8 Å². The van der Waals surface area contributed by atoms with E-state index in [1.54, 1.807) is 6.07 Å². The second-order valence-corrected chi connectivity index (χ2v) is 4.56. The number of carbonyl (C=O) groups is 1. The molecule has 1 aromatic carbocycles. The summed E-state index contributed by atoms with van der Waals surface area (Å²) in [5.41, 5.74) is 0.821. The van der Waals surface area contributed by atoms with Gasteiger partial charge in [0.15, 0.2) is 0 Å². The summed E-state index contributed by atoms with van der Waals surface area (Å²) in [5, 5.41) is 3.61. The number of aromatic nitrogens is 1. The van der Waals surface area contributed by atoms with Gasteiger partial charge in [0, 0.05) is 17.0 Å². The molecule has 0 unspecified atom stereocenters. The van der Waals surface area contributed by atoms with Gasteiger partial charge in [0.1, 0.15) is 0 Å². The number of benzene rings is 1. The lowest BCUT2D eigenvalue weighted by Crippen LogP contribution is -2.37. The number of para-hydroxylation sites is 1. The molecule has 0 spiro atoms. The average Bonchev–Trinajstić information content (AvgIpc) is 2.47. The molecule has 2 rings (SSSR count). The van der Waals surface area contributed by atoms with Crippen LogP contribution in [-0.2, 0) is 0 Å². The van der Waals surface area contributed by atoms with E-state index in [1.807, 2.05) is 32.0 Å². The minimum absolute atomic E-state index is 0.223. The predicted molar refractivity (Wildman–Crippen MR) is 79.8 cm³/mol. The Morgan fingerprint density at radius 1 is 1.25 bits per heavy atom. The fourth-order valence-corrected chi connectivity index (χ4v) is 2.12. The number of nitrogens with one attached hydrogen (secondary N) is 2. The third-order valence-electron chi connectivity index (χ3n) is 3.35. The predicted octanol–water partition coefficient (Wildman–Crippen LogP) is 1.56. The summed E-state index contributed by atoms with van der Waals surface area (Å²) in [6.07, 6.45) is 0. The molecule has 1 amide bonds. The molecular weight excluding hydrogens is 254 g/mol. The summed E-state index contributed by atoms with van der Waals surface area (Å²) in [6, 6.07) is 8.65. The Kier molecular flexibility index (Phi) is 4.53. The maximum absolute atomic E-state index is 12.3. The number of hydrogen-bond acceptors (Lipinski definition) is 3. The van der Waals surface area contributed by atoms with Crippen molar-refractivity contribution in [3.8, 4) is 0 Å². The molecule has 0 radical (unpaired) electrons. The monoisotopic (exact) mass is 273 g/mol. The molecule has 1 aromatic heterocycles. The number of hydrogen-bond donors (Lipinski definition) is 2. The number of H-pyrrole nitrogens is 1. The van der Waals surface area contributed by atoms with Crippen molar-refractivity contribution < 1.29 is 4.79 Å². The van der Waals surface area contributed by atoms with Crippen LogP contribution >= 0.6 is 0 Å². The van der Waals surface area contributed by atoms with Crippen LogP contribution in [0.2, 0.25) is 0 Å². The molecular formula is C15H19N3O2. The van der Waals surface area contributed by atoms with Crippen molar-refractivity contribution in [3.63, 3.8) is 0 Å². The van der Waals surface area contributed by atoms with Crippen molar-refractivity contribution in [1.82, 2.24) is 15.2 Å². The van der Waals surface area contributed by atoms with E-state index in [4.69, 9.17) is 0 Å². The van der Waals surface area contributed by atoms with E-state index in [2.05, 4.69) is 15.2 Å². The van der Waals surface area contributed by atoms with Crippen LogP contribution in [0.15, 0.2) is 35.1 Å². The first-order chi connectivity index (χ1) is 9.65. The Hall–Kier alpha value is -2.14. The van der Waals surface area contributed by atoms with Crippen LogP contribution in [0.1, 0.15) is 24.2 Å². The highest BCUT2D eigenvalue weighted by atomic mass is 16.2. The van der Waals surface area contributed by atoms with Gasteiger partial charge in [-0.15, -0.1) is 0 Å². The summed E-state index contributed by atoms with van der Waals surface area (Å²) in [7, 11) is 0. The molecule has 0 saturated heterocycles. The topological polar surface area (TPSA) is 65.2 Å². The van der Waals surface area contributed by atoms with Crippen molar-refractivity contribution in [2.24, 2.45) is 0 Å². The fraction of sp³-hybridized carbons (Fsp3) is 0.333. The smallest absolute Gasteiger partial charge is 0.253 e. The van der Waals surface area contributed by atoms with Gasteiger partial charge in [-0.2, -0.15) is 0 Å². The second kappa shape index (κ2) is 6.34. The number of pyridine rings is 1. The van der Waals surface area contributed by atoms with Gasteiger partial charge in [0.2, 0.25) is 5.56 Å². The van der Waals surface area contributed by atoms with Crippen molar-refractivity contribution in [3.05, 3.63) is 46.2 Å². The molecule has 20 heavy (non-hydrogen) atoms. The van der Waals surface area contributed by atoms with Gasteiger partial charge in [0.05, 0.1) is 12.2 Å². The van der Waals surface area contributed by atoms with E-state index in [0.717, 1.165) is 18.5 Å². The molecule has 5 heteroatoms. The first kappa shape index (κ1) is 14.3. The van der Waals surface area contributed by atoms with E-state index >= 15 is 0 Å². The SMILES string of the molecule is CCN(CC)CNC(=O)c1cc(=O)[nH]c2ccccc12. The number of fused-ring (bicyclic) bond motifs is 1. The minimum atomic E-state index is -0.267. The van der Waals surface area contributed by atoms with Crippen LogP contribution in [-0.4, -0.2) is 35.5 Å². The zero-order valence-electron chi connectivity index (χ0n) is 11.8. The summed E-state index contributed by atoms with van der Waals surface area (Å²) in [4.78, 5) is 28.7. The molecule has 106 valence electrons. The Balaban J connectivity index is 2.28. The van der Waals surface area contributed by atoms with Gasteiger partial charge in [-0.3, -0.25) is 14.5 Å². The van der Waals surface area contributed by atoms with Gasteiger partial charge < -0.3 is 10.3 Å². The highest BCUT2D eigenvalue weighted by Crippen LogP contribution is 2.14. The second-order valence-electron chi connectivity index (χ2n) is 4.56. The lowest BCUT2D eigenvalue weighted by atomic mass is 10.1. The molecule has 1 heterocycles. The van der Waals surface area contributed by atoms with Gasteiger partial charge >= 0.3 is 0 Å². The van der Waals surface area contributed by atoms with Crippen LogP contribution in [0.3, 0.4) is 0 Å². The number of aromatic amines is 1. The molecule has 5 nitrogen and oxygen atoms in total. The van der Waals surface area contributed by atoms with Gasteiger partial charge in [-0.1, -0.05) is 32.0 Å². The van der Waals surface area contributed by atoms with Crippen molar-refractivity contribution >= 4 is 16.8 Å². The highest BCUT2D eigenvalue weighted by Gasteiger charge is 2.11. The Bertz CT molecular complexity index is 659. The Morgan fingerprint density at radius 3 is 2.65 bits per heavy atom. The molecule has 0 aliphatic rings. The van der Waals surface area contributed by atoms with Crippen molar-refractivity contribution in [2.75, 3.05) is 19.8 Å². The van der Waals surface area contributed by atoms with Crippen molar-refractivity contribution in [1.29, 1.82) is 0 Å². The van der Waals surface area contributed by atoms with Crippen LogP contribution in [0, 0.1) is 0 Å². The highest BCUT2D eigenvalue weighted by molar-refractivity contribution is 6.05. The maximum atomic E-state index is 12.3. The fourth-order valence-electron chi connectivity index (χ4n) is 2.12. The maximum Gasteiger partial charge on any atom is 0.253 e. The summed E-state index contributed by atoms with van der Waals surface area (Å²) < 4.78 is 0. The first-order valence-corrected chi connectivity index (χ1v) is 6.78. The third kappa shape index (κ3) is 3.05. The van der Waals surface area contributed by atoms with E-state index in [0.29, 0.717) is 17.7 Å². The summed E-state index contributed by atoms with van der Waals surface area (Å²) in [6.45, 7) is 6.29. The van der Waals surface area contributed by atoms with E-state index in [-0.39, 0.29) is 11.5 Å². The molecule has 0 atom stereocenters. The molecule has 0 aliphatic carbocycles. The van der Waals surface area contributed by atoms with E-state index in [1.165, 1.54) is 6.07 Å². The van der Waals surface area contributed by atoms with Gasteiger partial charge in [-0.25, -0.2) is 0 Å². The normalized spacial score (nSPS) is 10.9. The summed E-state index contributed by atoms with van der Waals surface area (Å²) >= 11 is 0. The summed E-state index contributed by atoms with van der Waals surface area (Å²) in [5.74, 6) is -0.223. The number of carbonyl (C=O) groups excluding carboxylic acids is 1. The molecule has 0 bridgehead atoms. The van der Waals surface area contributed by atoms with Crippen LogP contribution in [0.4, 0.5) is 0 Å². The average molecular weight is 273 g/mol. The van der Waals surface area contributed by atoms with Crippen LogP contribution in [0.25, 0.3) is 10.9 Å². The molecule has 0 saturated carbocycles. The van der Waals surface area contributed by atoms with Gasteiger partial charge in [0.25, 0.3) is 5.91 Å².